The molecule has 2 aromatic rings. The van der Waals surface area contributed by atoms with E-state index in [-0.39, 0.29) is 30.7 Å². The van der Waals surface area contributed by atoms with E-state index in [1.54, 1.807) is 24.3 Å². The highest BCUT2D eigenvalue weighted by Crippen LogP contribution is 2.23. The molecule has 0 saturated carbocycles. The van der Waals surface area contributed by atoms with Gasteiger partial charge >= 0.3 is 0 Å². The van der Waals surface area contributed by atoms with Gasteiger partial charge in [-0.15, -0.1) is 24.8 Å². The van der Waals surface area contributed by atoms with Crippen LogP contribution in [-0.4, -0.2) is 23.9 Å². The van der Waals surface area contributed by atoms with Crippen molar-refractivity contribution in [2.24, 2.45) is 11.8 Å². The van der Waals surface area contributed by atoms with Crippen molar-refractivity contribution in [3.8, 4) is 0 Å². The number of carbonyl (C=O) groups is 1. The number of piperidine rings is 1. The molecule has 0 spiro atoms. The first kappa shape index (κ1) is 24.3. The maximum atomic E-state index is 12.4. The fraction of sp³-hybridized carbons (Fsp3) is 0.409. The number of nitrogen functional groups attached to an aromatic ring is 1. The van der Waals surface area contributed by atoms with E-state index >= 15 is 0 Å². The molecule has 3 rings (SSSR count). The maximum Gasteiger partial charge on any atom is 0.251 e. The average molecular weight is 424 g/mol. The Hall–Kier alpha value is -1.75. The number of nitrogens with two attached hydrogens (primary N) is 1. The van der Waals surface area contributed by atoms with Gasteiger partial charge in [-0.25, -0.2) is 0 Å². The topological polar surface area (TPSA) is 58.4 Å². The summed E-state index contributed by atoms with van der Waals surface area (Å²) >= 11 is 0. The van der Waals surface area contributed by atoms with Crippen molar-refractivity contribution < 1.29 is 4.79 Å². The van der Waals surface area contributed by atoms with Crippen LogP contribution in [0.4, 0.5) is 5.69 Å². The van der Waals surface area contributed by atoms with E-state index in [0.29, 0.717) is 17.8 Å². The Labute approximate surface area is 180 Å². The van der Waals surface area contributed by atoms with Crippen molar-refractivity contribution in [1.82, 2.24) is 10.2 Å². The van der Waals surface area contributed by atoms with Crippen molar-refractivity contribution in [3.05, 3.63) is 65.2 Å². The zero-order valence-corrected chi connectivity index (χ0v) is 18.2. The molecule has 0 radical (unpaired) electrons. The highest BCUT2D eigenvalue weighted by atomic mass is 35.5. The second kappa shape index (κ2) is 11.3. The fourth-order valence-corrected chi connectivity index (χ4v) is 4.00. The first-order chi connectivity index (χ1) is 12.5. The summed E-state index contributed by atoms with van der Waals surface area (Å²) in [6.45, 7) is 8.44. The van der Waals surface area contributed by atoms with Gasteiger partial charge in [0, 0.05) is 37.4 Å². The van der Waals surface area contributed by atoms with Gasteiger partial charge in [0.1, 0.15) is 0 Å². The van der Waals surface area contributed by atoms with E-state index in [1.165, 1.54) is 17.5 Å². The molecule has 3 N–H and O–H groups in total. The van der Waals surface area contributed by atoms with Crippen LogP contribution in [0.2, 0.25) is 0 Å². The summed E-state index contributed by atoms with van der Waals surface area (Å²) in [5.41, 5.74) is 9.44. The number of nitrogens with one attached hydrogen (secondary N) is 1. The molecule has 154 valence electrons. The molecule has 2 atom stereocenters. The zero-order chi connectivity index (χ0) is 18.5. The summed E-state index contributed by atoms with van der Waals surface area (Å²) in [5.74, 6) is 1.40. The van der Waals surface area contributed by atoms with Crippen LogP contribution in [0.15, 0.2) is 48.5 Å². The molecular formula is C22H31Cl2N3O. The molecule has 2 unspecified atom stereocenters. The first-order valence-electron chi connectivity index (χ1n) is 9.44. The third-order valence-corrected chi connectivity index (χ3v) is 5.05. The van der Waals surface area contributed by atoms with Crippen molar-refractivity contribution in [2.45, 2.75) is 33.4 Å². The predicted octanol–water partition coefficient (Wildman–Crippen LogP) is 4.52. The summed E-state index contributed by atoms with van der Waals surface area (Å²) in [6, 6.07) is 15.5. The molecule has 0 bridgehead atoms. The van der Waals surface area contributed by atoms with Gasteiger partial charge in [0.25, 0.3) is 5.91 Å². The minimum atomic E-state index is -0.0904. The second-order valence-corrected chi connectivity index (χ2v) is 7.72. The largest absolute Gasteiger partial charge is 0.399 e. The lowest BCUT2D eigenvalue weighted by molar-refractivity contribution is 0.0950. The van der Waals surface area contributed by atoms with Gasteiger partial charge < -0.3 is 11.1 Å². The Morgan fingerprint density at radius 1 is 1.04 bits per heavy atom. The van der Waals surface area contributed by atoms with Crippen LogP contribution in [-0.2, 0) is 13.1 Å². The lowest BCUT2D eigenvalue weighted by Gasteiger charge is -2.35. The van der Waals surface area contributed by atoms with Gasteiger partial charge in [0.2, 0.25) is 0 Å². The monoisotopic (exact) mass is 423 g/mol. The van der Waals surface area contributed by atoms with E-state index in [0.717, 1.165) is 31.5 Å². The third-order valence-electron chi connectivity index (χ3n) is 5.05. The number of nitrogens with zero attached hydrogens (tertiary/aromatic N) is 1. The van der Waals surface area contributed by atoms with Crippen LogP contribution in [0.5, 0.6) is 0 Å². The first-order valence-corrected chi connectivity index (χ1v) is 9.44. The highest BCUT2D eigenvalue weighted by Gasteiger charge is 2.22. The number of rotatable bonds is 5. The van der Waals surface area contributed by atoms with Gasteiger partial charge in [-0.2, -0.15) is 0 Å². The lowest BCUT2D eigenvalue weighted by atomic mass is 9.91. The molecular weight excluding hydrogens is 393 g/mol. The smallest absolute Gasteiger partial charge is 0.251 e. The number of anilines is 1. The van der Waals surface area contributed by atoms with E-state index in [4.69, 9.17) is 5.73 Å². The molecule has 1 saturated heterocycles. The van der Waals surface area contributed by atoms with Gasteiger partial charge in [0.05, 0.1) is 0 Å². The van der Waals surface area contributed by atoms with E-state index < -0.39 is 0 Å². The van der Waals surface area contributed by atoms with E-state index in [9.17, 15) is 4.79 Å². The van der Waals surface area contributed by atoms with Gasteiger partial charge in [-0.05, 0) is 47.6 Å². The third kappa shape index (κ3) is 6.69. The summed E-state index contributed by atoms with van der Waals surface area (Å²) in [7, 11) is 0. The lowest BCUT2D eigenvalue weighted by Crippen LogP contribution is -2.38. The Kier molecular flexibility index (Phi) is 9.80. The van der Waals surface area contributed by atoms with Gasteiger partial charge in [-0.3, -0.25) is 9.69 Å². The van der Waals surface area contributed by atoms with Crippen LogP contribution in [0.1, 0.15) is 41.8 Å². The normalized spacial score (nSPS) is 19.2. The second-order valence-electron chi connectivity index (χ2n) is 7.72. The molecule has 1 aliphatic rings. The van der Waals surface area contributed by atoms with E-state index in [1.807, 2.05) is 6.07 Å². The molecule has 0 aromatic heterocycles. The molecule has 1 heterocycles. The summed E-state index contributed by atoms with van der Waals surface area (Å²) in [5, 5.41) is 3.02. The maximum absolute atomic E-state index is 12.4. The van der Waals surface area contributed by atoms with E-state index in [2.05, 4.69) is 42.3 Å². The number of halogens is 2. The highest BCUT2D eigenvalue weighted by molar-refractivity contribution is 5.94. The Morgan fingerprint density at radius 3 is 2.32 bits per heavy atom. The van der Waals surface area contributed by atoms with Crippen molar-refractivity contribution in [1.29, 1.82) is 0 Å². The Morgan fingerprint density at radius 2 is 1.68 bits per heavy atom. The van der Waals surface area contributed by atoms with Crippen LogP contribution < -0.4 is 11.1 Å². The number of hydrogen-bond donors (Lipinski definition) is 2. The average Bonchev–Trinajstić information content (AvgIpc) is 2.60. The Balaban J connectivity index is 0.00000196. The van der Waals surface area contributed by atoms with Crippen LogP contribution in [0.3, 0.4) is 0 Å². The van der Waals surface area contributed by atoms with Crippen molar-refractivity contribution >= 4 is 36.4 Å². The summed E-state index contributed by atoms with van der Waals surface area (Å²) in [6.07, 6.45) is 1.31. The minimum Gasteiger partial charge on any atom is -0.399 e. The van der Waals surface area contributed by atoms with Crippen molar-refractivity contribution in [2.75, 3.05) is 18.8 Å². The standard InChI is InChI=1S/C22H29N3O.2ClH/c1-16-10-17(2)14-25(13-16)15-20-7-4-3-6-19(20)12-24-22(26)18-8-5-9-21(23)11-18;;/h3-9,11,16-17H,10,12-15,23H2,1-2H3,(H,24,26);2*1H. The fourth-order valence-electron chi connectivity index (χ4n) is 4.00. The number of benzene rings is 2. The molecule has 1 fully saturated rings. The molecule has 1 amide bonds. The number of amides is 1. The Bertz CT molecular complexity index is 759. The number of carbonyl (C=O) groups excluding carboxylic acids is 1. The van der Waals surface area contributed by atoms with Crippen molar-refractivity contribution in [3.63, 3.8) is 0 Å². The van der Waals surface area contributed by atoms with Crippen LogP contribution in [0.25, 0.3) is 0 Å². The SMILES string of the molecule is CC1CC(C)CN(Cc2ccccc2CNC(=O)c2cccc(N)c2)C1.Cl.Cl. The van der Waals surface area contributed by atoms with Gasteiger partial charge in [-0.1, -0.05) is 44.2 Å². The minimum absolute atomic E-state index is 0. The molecule has 2 aromatic carbocycles. The molecule has 6 heteroatoms. The zero-order valence-electron chi connectivity index (χ0n) is 16.6. The molecule has 4 nitrogen and oxygen atoms in total. The van der Waals surface area contributed by atoms with Crippen LogP contribution in [0, 0.1) is 11.8 Å². The summed E-state index contributed by atoms with van der Waals surface area (Å²) < 4.78 is 0. The molecule has 28 heavy (non-hydrogen) atoms. The molecule has 0 aliphatic carbocycles. The van der Waals surface area contributed by atoms with Gasteiger partial charge in [0.15, 0.2) is 0 Å². The predicted molar refractivity (Wildman–Crippen MR) is 121 cm³/mol. The van der Waals surface area contributed by atoms with Crippen LogP contribution >= 0.6 is 24.8 Å². The number of likely N-dealkylation sites (tertiary alicyclic amines) is 1. The quantitative estimate of drug-likeness (QED) is 0.694. The molecule has 1 aliphatic heterocycles. The number of hydrogen-bond acceptors (Lipinski definition) is 3. The summed E-state index contributed by atoms with van der Waals surface area (Å²) in [4.78, 5) is 14.9.